The second-order valence-electron chi connectivity index (χ2n) is 4.53. The van der Waals surface area contributed by atoms with Gasteiger partial charge in [-0.15, -0.1) is 12.6 Å². The number of rotatable bonds is 2. The molecule has 0 heterocycles. The summed E-state index contributed by atoms with van der Waals surface area (Å²) in [7, 11) is 0. The van der Waals surface area contributed by atoms with Crippen LogP contribution in [0, 0.1) is 6.92 Å². The van der Waals surface area contributed by atoms with E-state index in [4.69, 9.17) is 0 Å². The van der Waals surface area contributed by atoms with Crippen LogP contribution in [-0.2, 0) is 0 Å². The van der Waals surface area contributed by atoms with Gasteiger partial charge in [-0.2, -0.15) is 13.2 Å². The van der Waals surface area contributed by atoms with E-state index >= 15 is 0 Å². The molecule has 0 unspecified atom stereocenters. The van der Waals surface area contributed by atoms with Crippen molar-refractivity contribution in [3.8, 4) is 0 Å². The zero-order valence-electron chi connectivity index (χ0n) is 9.64. The highest BCUT2D eigenvalue weighted by Gasteiger charge is 2.64. The van der Waals surface area contributed by atoms with Crippen LogP contribution in [0.5, 0.6) is 0 Å². The van der Waals surface area contributed by atoms with Gasteiger partial charge in [0.2, 0.25) is 0 Å². The molecular formula is C12H12F3NOS. The molecule has 1 aliphatic rings. The van der Waals surface area contributed by atoms with Crippen LogP contribution in [0.15, 0.2) is 23.1 Å². The second kappa shape index (κ2) is 4.19. The normalized spacial score (nSPS) is 17.4. The Morgan fingerprint density at radius 3 is 2.50 bits per heavy atom. The molecule has 98 valence electrons. The van der Waals surface area contributed by atoms with Crippen molar-refractivity contribution in [2.45, 2.75) is 36.4 Å². The van der Waals surface area contributed by atoms with Crippen molar-refractivity contribution in [1.29, 1.82) is 0 Å². The molecule has 2 nitrogen and oxygen atoms in total. The van der Waals surface area contributed by atoms with E-state index in [9.17, 15) is 18.0 Å². The van der Waals surface area contributed by atoms with Crippen LogP contribution in [0.3, 0.4) is 0 Å². The number of carbonyl (C=O) groups is 1. The lowest BCUT2D eigenvalue weighted by molar-refractivity contribution is -0.163. The molecule has 1 aliphatic carbocycles. The number of hydrogen-bond acceptors (Lipinski definition) is 2. The number of nitrogens with one attached hydrogen (secondary N) is 1. The van der Waals surface area contributed by atoms with Crippen molar-refractivity contribution >= 4 is 18.5 Å². The van der Waals surface area contributed by atoms with E-state index in [0.29, 0.717) is 10.5 Å². The van der Waals surface area contributed by atoms with E-state index < -0.39 is 17.6 Å². The van der Waals surface area contributed by atoms with Crippen LogP contribution in [0.4, 0.5) is 13.2 Å². The smallest absolute Gasteiger partial charge is 0.338 e. The fourth-order valence-electron chi connectivity index (χ4n) is 1.74. The van der Waals surface area contributed by atoms with Crippen molar-refractivity contribution in [2.24, 2.45) is 0 Å². The lowest BCUT2D eigenvalue weighted by Gasteiger charge is -2.21. The van der Waals surface area contributed by atoms with Gasteiger partial charge in [-0.25, -0.2) is 0 Å². The van der Waals surface area contributed by atoms with E-state index in [0.717, 1.165) is 0 Å². The van der Waals surface area contributed by atoms with Gasteiger partial charge >= 0.3 is 6.18 Å². The molecule has 18 heavy (non-hydrogen) atoms. The van der Waals surface area contributed by atoms with Crippen LogP contribution in [0.25, 0.3) is 0 Å². The summed E-state index contributed by atoms with van der Waals surface area (Å²) in [6.45, 7) is 1.68. The van der Waals surface area contributed by atoms with Gasteiger partial charge in [0.25, 0.3) is 5.91 Å². The minimum atomic E-state index is -4.39. The van der Waals surface area contributed by atoms with E-state index in [1.54, 1.807) is 19.1 Å². The number of amides is 1. The highest BCUT2D eigenvalue weighted by Crippen LogP contribution is 2.49. The summed E-state index contributed by atoms with van der Waals surface area (Å²) in [5.41, 5.74) is -1.16. The van der Waals surface area contributed by atoms with Crippen molar-refractivity contribution in [1.82, 2.24) is 5.32 Å². The molecule has 0 radical (unpaired) electrons. The Labute approximate surface area is 108 Å². The topological polar surface area (TPSA) is 29.1 Å². The molecule has 0 saturated heterocycles. The average molecular weight is 275 g/mol. The first-order valence-electron chi connectivity index (χ1n) is 5.44. The highest BCUT2D eigenvalue weighted by atomic mass is 32.1. The average Bonchev–Trinajstić information content (AvgIpc) is 3.01. The minimum Gasteiger partial charge on any atom is -0.338 e. The van der Waals surface area contributed by atoms with E-state index in [2.05, 4.69) is 17.9 Å². The monoisotopic (exact) mass is 275 g/mol. The largest absolute Gasteiger partial charge is 0.411 e. The van der Waals surface area contributed by atoms with Crippen LogP contribution in [-0.4, -0.2) is 17.6 Å². The Kier molecular flexibility index (Phi) is 3.09. The number of benzene rings is 1. The van der Waals surface area contributed by atoms with Crippen LogP contribution in [0.1, 0.15) is 28.8 Å². The number of carbonyl (C=O) groups excluding carboxylic acids is 1. The highest BCUT2D eigenvalue weighted by molar-refractivity contribution is 7.80. The van der Waals surface area contributed by atoms with E-state index in [-0.39, 0.29) is 18.4 Å². The van der Waals surface area contributed by atoms with Crippen molar-refractivity contribution in [3.05, 3.63) is 29.3 Å². The summed E-state index contributed by atoms with van der Waals surface area (Å²) < 4.78 is 38.2. The Morgan fingerprint density at radius 1 is 1.39 bits per heavy atom. The predicted molar refractivity (Wildman–Crippen MR) is 63.9 cm³/mol. The van der Waals surface area contributed by atoms with E-state index in [1.807, 2.05) is 0 Å². The van der Waals surface area contributed by atoms with Gasteiger partial charge in [0, 0.05) is 10.5 Å². The molecule has 1 fully saturated rings. The number of aryl methyl sites for hydroxylation is 1. The maximum atomic E-state index is 12.7. The molecule has 1 amide bonds. The van der Waals surface area contributed by atoms with E-state index in [1.165, 1.54) is 6.07 Å². The second-order valence-corrected chi connectivity index (χ2v) is 5.05. The Bertz CT molecular complexity index is 495. The van der Waals surface area contributed by atoms with Crippen LogP contribution >= 0.6 is 12.6 Å². The minimum absolute atomic E-state index is 0.0537. The molecule has 1 saturated carbocycles. The molecule has 1 N–H and O–H groups in total. The first-order valence-corrected chi connectivity index (χ1v) is 5.89. The number of hydrogen-bond donors (Lipinski definition) is 2. The SMILES string of the molecule is Cc1ccc(S)cc1C(=O)NC1(C(F)(F)F)CC1. The molecule has 2 rings (SSSR count). The maximum absolute atomic E-state index is 12.7. The Hall–Kier alpha value is -1.17. The molecule has 0 atom stereocenters. The fourth-order valence-corrected chi connectivity index (χ4v) is 1.95. The lowest BCUT2D eigenvalue weighted by atomic mass is 10.1. The van der Waals surface area contributed by atoms with Gasteiger partial charge in [0.05, 0.1) is 0 Å². The summed E-state index contributed by atoms with van der Waals surface area (Å²) in [6, 6.07) is 4.82. The third-order valence-corrected chi connectivity index (χ3v) is 3.39. The van der Waals surface area contributed by atoms with Crippen LogP contribution in [0.2, 0.25) is 0 Å². The molecule has 0 bridgehead atoms. The molecule has 0 aromatic heterocycles. The van der Waals surface area contributed by atoms with Gasteiger partial charge in [0.15, 0.2) is 0 Å². The molecule has 0 aliphatic heterocycles. The summed E-state index contributed by atoms with van der Waals surface area (Å²) in [4.78, 5) is 12.4. The molecule has 1 aromatic rings. The van der Waals surface area contributed by atoms with Gasteiger partial charge in [0.1, 0.15) is 5.54 Å². The third kappa shape index (κ3) is 2.34. The molecule has 6 heteroatoms. The zero-order chi connectivity index (χ0) is 13.6. The fraction of sp³-hybridized carbons (Fsp3) is 0.417. The van der Waals surface area contributed by atoms with Crippen molar-refractivity contribution < 1.29 is 18.0 Å². The number of alkyl halides is 3. The Balaban J connectivity index is 2.21. The maximum Gasteiger partial charge on any atom is 0.411 e. The first-order chi connectivity index (χ1) is 8.25. The quantitative estimate of drug-likeness (QED) is 0.798. The summed E-state index contributed by atoms with van der Waals surface area (Å²) >= 11 is 4.08. The summed E-state index contributed by atoms with van der Waals surface area (Å²) in [6.07, 6.45) is -4.50. The van der Waals surface area contributed by atoms with Crippen LogP contribution < -0.4 is 5.32 Å². The van der Waals surface area contributed by atoms with Crippen molar-refractivity contribution in [3.63, 3.8) is 0 Å². The van der Waals surface area contributed by atoms with Crippen molar-refractivity contribution in [2.75, 3.05) is 0 Å². The summed E-state index contributed by atoms with van der Waals surface area (Å²) in [5.74, 6) is -0.696. The zero-order valence-corrected chi connectivity index (χ0v) is 10.5. The third-order valence-electron chi connectivity index (χ3n) is 3.11. The Morgan fingerprint density at radius 2 is 2.00 bits per heavy atom. The summed E-state index contributed by atoms with van der Waals surface area (Å²) in [5, 5.41) is 2.09. The molecule has 0 spiro atoms. The number of halogens is 3. The predicted octanol–water partition coefficient (Wildman–Crippen LogP) is 3.11. The first kappa shape index (κ1) is 13.3. The molecular weight excluding hydrogens is 263 g/mol. The number of thiol groups is 1. The standard InChI is InChI=1S/C12H12F3NOS/c1-7-2-3-8(18)6-9(7)10(17)16-11(4-5-11)12(13,14)15/h2-3,6,18H,4-5H2,1H3,(H,16,17). The van der Waals surface area contributed by atoms with Gasteiger partial charge < -0.3 is 5.32 Å². The van der Waals surface area contributed by atoms with Gasteiger partial charge in [-0.1, -0.05) is 6.07 Å². The van der Waals surface area contributed by atoms with Gasteiger partial charge in [-0.3, -0.25) is 4.79 Å². The molecule has 1 aromatic carbocycles. The lowest BCUT2D eigenvalue weighted by Crippen LogP contribution is -2.48. The van der Waals surface area contributed by atoms with Gasteiger partial charge in [-0.05, 0) is 37.5 Å².